The minimum absolute atomic E-state index is 0.121. The number of nitro groups is 1. The molecule has 3 aromatic carbocycles. The van der Waals surface area contributed by atoms with E-state index < -0.39 is 22.5 Å². The zero-order valence-corrected chi connectivity index (χ0v) is 23.4. The molecule has 0 spiro atoms. The Balaban J connectivity index is 1.82. The number of carbonyl (C=O) groups is 1. The van der Waals surface area contributed by atoms with Crippen molar-refractivity contribution < 1.29 is 19.6 Å². The van der Waals surface area contributed by atoms with Crippen molar-refractivity contribution in [2.75, 3.05) is 6.61 Å². The molecule has 9 nitrogen and oxygen atoms in total. The molecule has 4 aromatic rings. The number of thiazole rings is 1. The van der Waals surface area contributed by atoms with Gasteiger partial charge in [0.2, 0.25) is 0 Å². The molecule has 208 valence electrons. The van der Waals surface area contributed by atoms with Crippen molar-refractivity contribution in [3.05, 3.63) is 130 Å². The van der Waals surface area contributed by atoms with E-state index in [1.54, 1.807) is 6.92 Å². The molecule has 0 radical (unpaired) electrons. The molecule has 0 amide bonds. The van der Waals surface area contributed by atoms with Crippen LogP contribution in [0, 0.1) is 10.1 Å². The second-order valence-electron chi connectivity index (χ2n) is 9.75. The summed E-state index contributed by atoms with van der Waals surface area (Å²) < 4.78 is 7.13. The van der Waals surface area contributed by atoms with Gasteiger partial charge in [-0.2, -0.15) is 0 Å². The molecule has 1 aliphatic heterocycles. The molecule has 10 heteroatoms. The predicted molar refractivity (Wildman–Crippen MR) is 156 cm³/mol. The molecule has 0 bridgehead atoms. The van der Waals surface area contributed by atoms with Crippen LogP contribution in [0.15, 0.2) is 88.2 Å². The van der Waals surface area contributed by atoms with Gasteiger partial charge in [-0.15, -0.1) is 0 Å². The van der Waals surface area contributed by atoms with E-state index in [1.165, 1.54) is 28.8 Å². The summed E-state index contributed by atoms with van der Waals surface area (Å²) in [5, 5.41) is 21.7. The Morgan fingerprint density at radius 1 is 1.15 bits per heavy atom. The maximum absolute atomic E-state index is 14.0. The highest BCUT2D eigenvalue weighted by Crippen LogP contribution is 2.35. The van der Waals surface area contributed by atoms with Gasteiger partial charge >= 0.3 is 5.97 Å². The molecule has 1 atom stereocenters. The third-order valence-electron chi connectivity index (χ3n) is 6.80. The monoisotopic (exact) mass is 569 g/mol. The largest absolute Gasteiger partial charge is 0.507 e. The number of aromatic hydroxyl groups is 1. The molecule has 41 heavy (non-hydrogen) atoms. The Morgan fingerprint density at radius 2 is 1.85 bits per heavy atom. The van der Waals surface area contributed by atoms with Crippen molar-refractivity contribution in [1.29, 1.82) is 0 Å². The maximum atomic E-state index is 14.0. The van der Waals surface area contributed by atoms with E-state index in [0.29, 0.717) is 21.6 Å². The standard InChI is InChI=1S/C31H27N3O6S/c1-4-40-30(37)26-27(20-8-6-5-7-9-20)32-31-33(28(26)21-12-10-19(11-13-21)18(2)3)29(36)25(41-31)17-22-16-23(34(38)39)14-15-24(22)35/h5-18,28,35H,4H2,1-3H3/b25-17-/t28-/m1/s1. The van der Waals surface area contributed by atoms with Gasteiger partial charge in [-0.1, -0.05) is 79.8 Å². The normalized spacial score (nSPS) is 15.0. The quantitative estimate of drug-likeness (QED) is 0.196. The molecule has 0 fully saturated rings. The van der Waals surface area contributed by atoms with Crippen LogP contribution in [0.4, 0.5) is 5.69 Å². The molecule has 5 rings (SSSR count). The Labute approximate surface area is 239 Å². The van der Waals surface area contributed by atoms with Gasteiger partial charge in [-0.25, -0.2) is 9.79 Å². The number of hydrogen-bond donors (Lipinski definition) is 1. The third kappa shape index (κ3) is 5.33. The first-order chi connectivity index (χ1) is 19.7. The van der Waals surface area contributed by atoms with Crippen molar-refractivity contribution in [2.45, 2.75) is 32.7 Å². The van der Waals surface area contributed by atoms with Crippen LogP contribution in [-0.2, 0) is 9.53 Å². The Bertz CT molecular complexity index is 1850. The first kappa shape index (κ1) is 27.7. The van der Waals surface area contributed by atoms with E-state index in [1.807, 2.05) is 54.6 Å². The fraction of sp³-hybridized carbons (Fsp3) is 0.194. The van der Waals surface area contributed by atoms with Crippen molar-refractivity contribution >= 4 is 34.8 Å². The Morgan fingerprint density at radius 3 is 2.49 bits per heavy atom. The molecule has 2 heterocycles. The fourth-order valence-electron chi connectivity index (χ4n) is 4.73. The average molecular weight is 570 g/mol. The number of non-ortho nitro benzene ring substituents is 1. The number of nitro benzene ring substituents is 1. The summed E-state index contributed by atoms with van der Waals surface area (Å²) in [7, 11) is 0. The van der Waals surface area contributed by atoms with E-state index in [9.17, 15) is 24.8 Å². The predicted octanol–water partition coefficient (Wildman–Crippen LogP) is 4.67. The second-order valence-corrected chi connectivity index (χ2v) is 10.8. The zero-order valence-electron chi connectivity index (χ0n) is 22.6. The van der Waals surface area contributed by atoms with Gasteiger partial charge in [0, 0.05) is 23.3 Å². The van der Waals surface area contributed by atoms with Crippen LogP contribution in [0.5, 0.6) is 5.75 Å². The van der Waals surface area contributed by atoms with E-state index in [-0.39, 0.29) is 39.6 Å². The first-order valence-electron chi connectivity index (χ1n) is 13.0. The molecular weight excluding hydrogens is 542 g/mol. The fourth-order valence-corrected chi connectivity index (χ4v) is 5.72. The van der Waals surface area contributed by atoms with Crippen LogP contribution < -0.4 is 14.9 Å². The molecule has 0 saturated heterocycles. The molecule has 1 N–H and O–H groups in total. The molecule has 0 unspecified atom stereocenters. The highest BCUT2D eigenvalue weighted by molar-refractivity contribution is 7.07. The van der Waals surface area contributed by atoms with Gasteiger partial charge in [-0.3, -0.25) is 19.5 Å². The summed E-state index contributed by atoms with van der Waals surface area (Å²) in [6, 6.07) is 19.7. The number of rotatable bonds is 7. The molecule has 1 aromatic heterocycles. The summed E-state index contributed by atoms with van der Waals surface area (Å²) in [6.45, 7) is 6.02. The number of phenolic OH excluding ortho intramolecular Hbond substituents is 1. The Hall–Kier alpha value is -4.83. The lowest BCUT2D eigenvalue weighted by atomic mass is 9.91. The first-order valence-corrected chi connectivity index (χ1v) is 13.9. The van der Waals surface area contributed by atoms with Gasteiger partial charge in [0.15, 0.2) is 4.80 Å². The van der Waals surface area contributed by atoms with Gasteiger partial charge in [0.05, 0.1) is 33.4 Å². The summed E-state index contributed by atoms with van der Waals surface area (Å²) in [5.41, 5.74) is 2.57. The van der Waals surface area contributed by atoms with Gasteiger partial charge < -0.3 is 9.84 Å². The van der Waals surface area contributed by atoms with Crippen LogP contribution in [0.2, 0.25) is 0 Å². The van der Waals surface area contributed by atoms with Gasteiger partial charge in [-0.05, 0) is 36.1 Å². The van der Waals surface area contributed by atoms with Crippen LogP contribution in [0.3, 0.4) is 0 Å². The summed E-state index contributed by atoms with van der Waals surface area (Å²) in [6.07, 6.45) is 1.40. The van der Waals surface area contributed by atoms with Crippen LogP contribution in [-0.4, -0.2) is 27.2 Å². The van der Waals surface area contributed by atoms with E-state index >= 15 is 0 Å². The zero-order chi connectivity index (χ0) is 29.3. The highest BCUT2D eigenvalue weighted by atomic mass is 32.1. The lowest BCUT2D eigenvalue weighted by Gasteiger charge is -2.26. The number of aromatic nitrogens is 1. The maximum Gasteiger partial charge on any atom is 0.338 e. The van der Waals surface area contributed by atoms with Crippen LogP contribution in [0.1, 0.15) is 55.0 Å². The lowest BCUT2D eigenvalue weighted by Crippen LogP contribution is -2.40. The molecule has 0 saturated carbocycles. The molecule has 0 aliphatic carbocycles. The number of hydrogen-bond acceptors (Lipinski definition) is 8. The molecular formula is C31H27N3O6S. The number of nitrogens with zero attached hydrogens (tertiary/aromatic N) is 3. The van der Waals surface area contributed by atoms with Crippen molar-refractivity contribution in [2.24, 2.45) is 4.99 Å². The van der Waals surface area contributed by atoms with E-state index in [2.05, 4.69) is 13.8 Å². The molecule has 1 aliphatic rings. The number of benzene rings is 3. The SMILES string of the molecule is CCOC(=O)C1=C(c2ccccc2)N=c2s/c(=C\c3cc([N+](=O)[O-])ccc3O)c(=O)n2[C@@H]1c1ccc(C(C)C)cc1. The average Bonchev–Trinajstić information content (AvgIpc) is 3.28. The number of ether oxygens (including phenoxy) is 1. The van der Waals surface area contributed by atoms with Gasteiger partial charge in [0.1, 0.15) is 5.75 Å². The number of fused-ring (bicyclic) bond motifs is 1. The summed E-state index contributed by atoms with van der Waals surface area (Å²) >= 11 is 1.07. The highest BCUT2D eigenvalue weighted by Gasteiger charge is 2.35. The summed E-state index contributed by atoms with van der Waals surface area (Å²) in [4.78, 5) is 43.4. The smallest absolute Gasteiger partial charge is 0.338 e. The second kappa shape index (κ2) is 11.3. The number of phenols is 1. The number of esters is 1. The van der Waals surface area contributed by atoms with E-state index in [0.717, 1.165) is 16.9 Å². The lowest BCUT2D eigenvalue weighted by molar-refractivity contribution is -0.384. The minimum atomic E-state index is -0.845. The van der Waals surface area contributed by atoms with Crippen molar-refractivity contribution in [3.8, 4) is 5.75 Å². The van der Waals surface area contributed by atoms with Crippen molar-refractivity contribution in [3.63, 3.8) is 0 Å². The minimum Gasteiger partial charge on any atom is -0.507 e. The van der Waals surface area contributed by atoms with Gasteiger partial charge in [0.25, 0.3) is 11.2 Å². The summed E-state index contributed by atoms with van der Waals surface area (Å²) in [5.74, 6) is -0.508. The number of carbonyl (C=O) groups excluding carboxylic acids is 1. The van der Waals surface area contributed by atoms with Crippen molar-refractivity contribution in [1.82, 2.24) is 4.57 Å². The van der Waals surface area contributed by atoms with Crippen LogP contribution in [0.25, 0.3) is 11.8 Å². The third-order valence-corrected chi connectivity index (χ3v) is 7.78. The van der Waals surface area contributed by atoms with E-state index in [4.69, 9.17) is 9.73 Å². The topological polar surface area (TPSA) is 124 Å². The Kier molecular flexibility index (Phi) is 7.67. The van der Waals surface area contributed by atoms with Crippen LogP contribution >= 0.6 is 11.3 Å².